The van der Waals surface area contributed by atoms with Gasteiger partial charge in [-0.1, -0.05) is 6.07 Å². The molecule has 6 nitrogen and oxygen atoms in total. The van der Waals surface area contributed by atoms with Gasteiger partial charge in [-0.05, 0) is 25.1 Å². The lowest BCUT2D eigenvalue weighted by atomic mass is 10.1. The van der Waals surface area contributed by atoms with Gasteiger partial charge in [-0.2, -0.15) is 0 Å². The van der Waals surface area contributed by atoms with Crippen LogP contribution in [0.15, 0.2) is 41.4 Å². The molecular formula is C18H19FN2O4S. The van der Waals surface area contributed by atoms with E-state index in [1.54, 1.807) is 19.2 Å². The Labute approximate surface area is 155 Å². The second kappa shape index (κ2) is 9.88. The van der Waals surface area contributed by atoms with E-state index in [0.717, 1.165) is 11.8 Å². The van der Waals surface area contributed by atoms with Crippen LogP contribution in [0.25, 0.3) is 0 Å². The molecule has 0 fully saturated rings. The molecule has 0 saturated carbocycles. The van der Waals surface area contributed by atoms with Gasteiger partial charge in [0.15, 0.2) is 5.78 Å². The number of amides is 1. The number of ether oxygens (including phenoxy) is 2. The molecular weight excluding hydrogens is 359 g/mol. The Hall–Kier alpha value is -2.45. The van der Waals surface area contributed by atoms with Crippen LogP contribution in [0.2, 0.25) is 0 Å². The number of anilines is 1. The second-order valence-corrected chi connectivity index (χ2v) is 6.28. The fourth-order valence-electron chi connectivity index (χ4n) is 1.95. The summed E-state index contributed by atoms with van der Waals surface area (Å²) in [5.41, 5.74) is 0.817. The molecule has 1 aromatic carbocycles. The normalized spacial score (nSPS) is 10.4. The average molecular weight is 378 g/mol. The van der Waals surface area contributed by atoms with E-state index in [2.05, 4.69) is 10.3 Å². The number of nitrogens with one attached hydrogen (secondary N) is 1. The lowest BCUT2D eigenvalue weighted by Crippen LogP contribution is -2.14. The van der Waals surface area contributed by atoms with Crippen molar-refractivity contribution in [2.24, 2.45) is 0 Å². The quantitative estimate of drug-likeness (QED) is 0.410. The van der Waals surface area contributed by atoms with Gasteiger partial charge in [0.1, 0.15) is 12.4 Å². The SMILES string of the molecule is COCCOc1ccc(NC(=O)CSc2ccc(C(C)=O)cc2F)cn1. The third-order valence-corrected chi connectivity index (χ3v) is 4.30. The largest absolute Gasteiger partial charge is 0.475 e. The number of Topliss-reactive ketones (excluding diaryl/α,β-unsaturated/α-hetero) is 1. The van der Waals surface area contributed by atoms with Crippen LogP contribution in [0.4, 0.5) is 10.1 Å². The van der Waals surface area contributed by atoms with Crippen molar-refractivity contribution in [3.05, 3.63) is 47.9 Å². The van der Waals surface area contributed by atoms with Gasteiger partial charge in [-0.3, -0.25) is 9.59 Å². The summed E-state index contributed by atoms with van der Waals surface area (Å²) >= 11 is 1.05. The maximum absolute atomic E-state index is 13.9. The van der Waals surface area contributed by atoms with Gasteiger partial charge in [-0.15, -0.1) is 11.8 Å². The van der Waals surface area contributed by atoms with Gasteiger partial charge < -0.3 is 14.8 Å². The molecule has 1 N–H and O–H groups in total. The number of aromatic nitrogens is 1. The van der Waals surface area contributed by atoms with Gasteiger partial charge >= 0.3 is 0 Å². The Kier molecular flexibility index (Phi) is 7.55. The molecule has 2 rings (SSSR count). The fourth-order valence-corrected chi connectivity index (χ4v) is 2.67. The molecule has 0 bridgehead atoms. The topological polar surface area (TPSA) is 77.5 Å². The van der Waals surface area contributed by atoms with Crippen LogP contribution in [-0.4, -0.2) is 42.8 Å². The van der Waals surface area contributed by atoms with E-state index in [4.69, 9.17) is 9.47 Å². The number of hydrogen-bond acceptors (Lipinski definition) is 6. The summed E-state index contributed by atoms with van der Waals surface area (Å²) in [4.78, 5) is 27.6. The minimum atomic E-state index is -0.519. The van der Waals surface area contributed by atoms with E-state index < -0.39 is 5.82 Å². The first-order chi connectivity index (χ1) is 12.5. The number of hydrogen-bond donors (Lipinski definition) is 1. The van der Waals surface area contributed by atoms with Crippen LogP contribution >= 0.6 is 11.8 Å². The predicted octanol–water partition coefficient (Wildman–Crippen LogP) is 3.18. The maximum atomic E-state index is 13.9. The van der Waals surface area contributed by atoms with Crippen LogP contribution in [0.5, 0.6) is 5.88 Å². The predicted molar refractivity (Wildman–Crippen MR) is 97.4 cm³/mol. The summed E-state index contributed by atoms with van der Waals surface area (Å²) in [6.07, 6.45) is 1.48. The molecule has 2 aromatic rings. The van der Waals surface area contributed by atoms with E-state index in [9.17, 15) is 14.0 Å². The van der Waals surface area contributed by atoms with Gasteiger partial charge in [0.2, 0.25) is 11.8 Å². The Morgan fingerprint density at radius 1 is 1.23 bits per heavy atom. The second-order valence-electron chi connectivity index (χ2n) is 5.26. The number of pyridine rings is 1. The number of carbonyl (C=O) groups is 2. The highest BCUT2D eigenvalue weighted by Gasteiger charge is 2.10. The Morgan fingerprint density at radius 3 is 2.65 bits per heavy atom. The third-order valence-electron chi connectivity index (χ3n) is 3.25. The molecule has 1 aromatic heterocycles. The molecule has 0 saturated heterocycles. The summed E-state index contributed by atoms with van der Waals surface area (Å²) in [7, 11) is 1.58. The van der Waals surface area contributed by atoms with Gasteiger partial charge in [0.25, 0.3) is 0 Å². The van der Waals surface area contributed by atoms with Crippen molar-refractivity contribution in [2.45, 2.75) is 11.8 Å². The van der Waals surface area contributed by atoms with Crippen molar-refractivity contribution in [3.8, 4) is 5.88 Å². The minimum absolute atomic E-state index is 0.0302. The molecule has 0 aliphatic rings. The van der Waals surface area contributed by atoms with Gasteiger partial charge in [0, 0.05) is 23.6 Å². The molecule has 138 valence electrons. The smallest absolute Gasteiger partial charge is 0.234 e. The van der Waals surface area contributed by atoms with Crippen LogP contribution in [-0.2, 0) is 9.53 Å². The molecule has 0 aliphatic heterocycles. The molecule has 8 heteroatoms. The number of thioether (sulfide) groups is 1. The molecule has 0 radical (unpaired) electrons. The Bertz CT molecular complexity index is 768. The van der Waals surface area contributed by atoms with Crippen LogP contribution < -0.4 is 10.1 Å². The first-order valence-corrected chi connectivity index (χ1v) is 8.79. The van der Waals surface area contributed by atoms with E-state index in [-0.39, 0.29) is 17.4 Å². The Balaban J connectivity index is 1.84. The molecule has 0 unspecified atom stereocenters. The number of nitrogens with zero attached hydrogens (tertiary/aromatic N) is 1. The molecule has 0 aliphatic carbocycles. The molecule has 1 amide bonds. The number of carbonyl (C=O) groups excluding carboxylic acids is 2. The molecule has 1 heterocycles. The zero-order chi connectivity index (χ0) is 18.9. The van der Waals surface area contributed by atoms with E-state index in [1.165, 1.54) is 31.3 Å². The van der Waals surface area contributed by atoms with Crippen molar-refractivity contribution < 1.29 is 23.5 Å². The van der Waals surface area contributed by atoms with E-state index in [0.29, 0.717) is 35.2 Å². The number of halogens is 1. The number of methoxy groups -OCH3 is 1. The fraction of sp³-hybridized carbons (Fsp3) is 0.278. The van der Waals surface area contributed by atoms with Gasteiger partial charge in [0.05, 0.1) is 24.2 Å². The van der Waals surface area contributed by atoms with Crippen molar-refractivity contribution in [1.82, 2.24) is 4.98 Å². The highest BCUT2D eigenvalue weighted by atomic mass is 32.2. The lowest BCUT2D eigenvalue weighted by molar-refractivity contribution is -0.113. The van der Waals surface area contributed by atoms with Crippen molar-refractivity contribution >= 4 is 29.1 Å². The van der Waals surface area contributed by atoms with Crippen LogP contribution in [0, 0.1) is 5.82 Å². The van der Waals surface area contributed by atoms with Crippen LogP contribution in [0.3, 0.4) is 0 Å². The number of benzene rings is 1. The van der Waals surface area contributed by atoms with Crippen molar-refractivity contribution in [2.75, 3.05) is 31.4 Å². The standard InChI is InChI=1S/C18H19FN2O4S/c1-12(22)13-3-5-16(15(19)9-13)26-11-17(23)21-14-4-6-18(20-10-14)25-8-7-24-2/h3-6,9-10H,7-8,11H2,1-2H3,(H,21,23). The highest BCUT2D eigenvalue weighted by Crippen LogP contribution is 2.23. The molecule has 26 heavy (non-hydrogen) atoms. The summed E-state index contributed by atoms with van der Waals surface area (Å²) in [6.45, 7) is 2.22. The Morgan fingerprint density at radius 2 is 2.04 bits per heavy atom. The lowest BCUT2D eigenvalue weighted by Gasteiger charge is -2.08. The highest BCUT2D eigenvalue weighted by molar-refractivity contribution is 8.00. The van der Waals surface area contributed by atoms with E-state index in [1.807, 2.05) is 0 Å². The van der Waals surface area contributed by atoms with Gasteiger partial charge in [-0.25, -0.2) is 9.37 Å². The maximum Gasteiger partial charge on any atom is 0.234 e. The summed E-state index contributed by atoms with van der Waals surface area (Å²) in [5, 5.41) is 2.68. The zero-order valence-corrected chi connectivity index (χ0v) is 15.3. The van der Waals surface area contributed by atoms with Crippen LogP contribution in [0.1, 0.15) is 17.3 Å². The minimum Gasteiger partial charge on any atom is -0.475 e. The molecule has 0 spiro atoms. The number of ketones is 1. The monoisotopic (exact) mass is 378 g/mol. The summed E-state index contributed by atoms with van der Waals surface area (Å²) < 4.78 is 24.1. The zero-order valence-electron chi connectivity index (χ0n) is 14.5. The van der Waals surface area contributed by atoms with E-state index >= 15 is 0 Å². The summed E-state index contributed by atoms with van der Waals surface area (Å²) in [5.74, 6) is -0.556. The average Bonchev–Trinajstić information content (AvgIpc) is 2.62. The van der Waals surface area contributed by atoms with Crippen molar-refractivity contribution in [1.29, 1.82) is 0 Å². The third kappa shape index (κ3) is 6.12. The molecule has 0 atom stereocenters. The van der Waals surface area contributed by atoms with Crippen molar-refractivity contribution in [3.63, 3.8) is 0 Å². The first-order valence-electron chi connectivity index (χ1n) is 7.80. The number of rotatable bonds is 9. The summed E-state index contributed by atoms with van der Waals surface area (Å²) in [6, 6.07) is 7.52. The first kappa shape index (κ1) is 19.9.